The first-order valence-corrected chi connectivity index (χ1v) is 8.53. The van der Waals surface area contributed by atoms with Crippen molar-refractivity contribution in [1.82, 2.24) is 14.9 Å². The van der Waals surface area contributed by atoms with Crippen molar-refractivity contribution in [2.45, 2.75) is 0 Å². The van der Waals surface area contributed by atoms with Crippen LogP contribution in [0, 0.1) is 4.77 Å². The van der Waals surface area contributed by atoms with Crippen LogP contribution in [0.2, 0.25) is 0 Å². The molecule has 3 aromatic rings. The summed E-state index contributed by atoms with van der Waals surface area (Å²) < 4.78 is 13.4. The van der Waals surface area contributed by atoms with Gasteiger partial charge >= 0.3 is 0 Å². The number of H-pyrrole nitrogens is 1. The molecule has 0 aliphatic heterocycles. The standard InChI is InChI=1S/C17H15BrN4O2S/c1-23-14-8-7-11(9-15(14)24-2)10-19-22-16(20-21-17(22)25)12-5-3-4-6-13(12)18/h3-10H,1-2H3,(H,21,25)/b19-10+. The quantitative estimate of drug-likeness (QED) is 0.496. The first-order chi connectivity index (χ1) is 12.1. The highest BCUT2D eigenvalue weighted by molar-refractivity contribution is 9.10. The van der Waals surface area contributed by atoms with E-state index in [1.54, 1.807) is 25.1 Å². The molecule has 1 heterocycles. The van der Waals surface area contributed by atoms with Crippen LogP contribution in [0.5, 0.6) is 11.5 Å². The molecule has 2 aromatic carbocycles. The number of hydrogen-bond donors (Lipinski definition) is 1. The van der Waals surface area contributed by atoms with Crippen molar-refractivity contribution in [1.29, 1.82) is 0 Å². The van der Waals surface area contributed by atoms with Crippen LogP contribution in [-0.4, -0.2) is 35.3 Å². The van der Waals surface area contributed by atoms with Crippen molar-refractivity contribution in [3.05, 3.63) is 57.3 Å². The zero-order valence-corrected chi connectivity index (χ0v) is 16.0. The van der Waals surface area contributed by atoms with Gasteiger partial charge in [-0.2, -0.15) is 14.9 Å². The average Bonchev–Trinajstić information content (AvgIpc) is 3.00. The smallest absolute Gasteiger partial charge is 0.216 e. The molecule has 0 saturated heterocycles. The van der Waals surface area contributed by atoms with Gasteiger partial charge in [0.1, 0.15) is 0 Å². The third-order valence-corrected chi connectivity index (χ3v) is 4.45. The highest BCUT2D eigenvalue weighted by Gasteiger charge is 2.11. The lowest BCUT2D eigenvalue weighted by Gasteiger charge is -2.07. The minimum atomic E-state index is 0.405. The van der Waals surface area contributed by atoms with Crippen molar-refractivity contribution < 1.29 is 9.47 Å². The summed E-state index contributed by atoms with van der Waals surface area (Å²) in [7, 11) is 3.19. The molecule has 1 aromatic heterocycles. The van der Waals surface area contributed by atoms with Crippen LogP contribution in [0.3, 0.4) is 0 Å². The van der Waals surface area contributed by atoms with Gasteiger partial charge in [-0.05, 0) is 48.1 Å². The summed E-state index contributed by atoms with van der Waals surface area (Å²) in [6.45, 7) is 0. The van der Waals surface area contributed by atoms with Crippen LogP contribution >= 0.6 is 28.1 Å². The average molecular weight is 419 g/mol. The number of halogens is 1. The van der Waals surface area contributed by atoms with Gasteiger partial charge in [-0.3, -0.25) is 0 Å². The second kappa shape index (κ2) is 7.62. The summed E-state index contributed by atoms with van der Waals surface area (Å²) in [5.74, 6) is 1.91. The Bertz CT molecular complexity index is 981. The number of methoxy groups -OCH3 is 2. The molecule has 6 nitrogen and oxygen atoms in total. The number of benzene rings is 2. The molecule has 0 aliphatic rings. The Morgan fingerprint density at radius 2 is 1.92 bits per heavy atom. The molecular weight excluding hydrogens is 404 g/mol. The lowest BCUT2D eigenvalue weighted by atomic mass is 10.2. The van der Waals surface area contributed by atoms with E-state index in [1.807, 2.05) is 42.5 Å². The van der Waals surface area contributed by atoms with E-state index in [-0.39, 0.29) is 0 Å². The maximum Gasteiger partial charge on any atom is 0.216 e. The zero-order chi connectivity index (χ0) is 17.8. The van der Waals surface area contributed by atoms with Gasteiger partial charge in [-0.25, -0.2) is 5.10 Å². The summed E-state index contributed by atoms with van der Waals surface area (Å²) >= 11 is 8.81. The molecule has 25 heavy (non-hydrogen) atoms. The second-order valence-corrected chi connectivity index (χ2v) is 6.24. The third kappa shape index (κ3) is 3.64. The first kappa shape index (κ1) is 17.4. The number of aromatic amines is 1. The number of nitrogens with one attached hydrogen (secondary N) is 1. The van der Waals surface area contributed by atoms with Crippen molar-refractivity contribution in [3.8, 4) is 22.9 Å². The Labute approximate surface area is 158 Å². The second-order valence-electron chi connectivity index (χ2n) is 5.00. The number of hydrogen-bond acceptors (Lipinski definition) is 5. The number of rotatable bonds is 5. The van der Waals surface area contributed by atoms with Crippen molar-refractivity contribution >= 4 is 34.4 Å². The minimum Gasteiger partial charge on any atom is -0.493 e. The lowest BCUT2D eigenvalue weighted by molar-refractivity contribution is 0.355. The highest BCUT2D eigenvalue weighted by atomic mass is 79.9. The van der Waals surface area contributed by atoms with E-state index in [1.165, 1.54) is 0 Å². The number of ether oxygens (including phenoxy) is 2. The topological polar surface area (TPSA) is 64.4 Å². The molecule has 0 bridgehead atoms. The van der Waals surface area contributed by atoms with Gasteiger partial charge in [0.25, 0.3) is 0 Å². The monoisotopic (exact) mass is 418 g/mol. The summed E-state index contributed by atoms with van der Waals surface area (Å²) in [6, 6.07) is 13.3. The molecule has 0 aliphatic carbocycles. The molecule has 0 saturated carbocycles. The SMILES string of the molecule is COc1ccc(/C=N/n2c(-c3ccccc3Br)n[nH]c2=S)cc1OC. The van der Waals surface area contributed by atoms with E-state index >= 15 is 0 Å². The zero-order valence-electron chi connectivity index (χ0n) is 13.6. The molecule has 3 rings (SSSR count). The molecule has 1 N–H and O–H groups in total. The molecule has 0 amide bonds. The molecule has 128 valence electrons. The Morgan fingerprint density at radius 3 is 2.64 bits per heavy atom. The summed E-state index contributed by atoms with van der Waals surface area (Å²) in [4.78, 5) is 0. The van der Waals surface area contributed by atoms with E-state index in [0.717, 1.165) is 15.6 Å². The van der Waals surface area contributed by atoms with E-state index in [4.69, 9.17) is 21.7 Å². The highest BCUT2D eigenvalue weighted by Crippen LogP contribution is 2.28. The fraction of sp³-hybridized carbons (Fsp3) is 0.118. The molecule has 0 spiro atoms. The molecule has 0 unspecified atom stereocenters. The minimum absolute atomic E-state index is 0.405. The van der Waals surface area contributed by atoms with E-state index < -0.39 is 0 Å². The van der Waals surface area contributed by atoms with Gasteiger partial charge in [0.15, 0.2) is 17.3 Å². The van der Waals surface area contributed by atoms with Crippen LogP contribution in [0.1, 0.15) is 5.56 Å². The first-order valence-electron chi connectivity index (χ1n) is 7.32. The van der Waals surface area contributed by atoms with E-state index in [2.05, 4.69) is 31.2 Å². The van der Waals surface area contributed by atoms with Crippen LogP contribution in [0.15, 0.2) is 52.0 Å². The molecule has 0 fully saturated rings. The number of nitrogens with zero attached hydrogens (tertiary/aromatic N) is 3. The largest absolute Gasteiger partial charge is 0.493 e. The van der Waals surface area contributed by atoms with Crippen molar-refractivity contribution in [3.63, 3.8) is 0 Å². The maximum absolute atomic E-state index is 5.31. The van der Waals surface area contributed by atoms with Crippen LogP contribution in [0.25, 0.3) is 11.4 Å². The normalized spacial score (nSPS) is 11.0. The van der Waals surface area contributed by atoms with Gasteiger partial charge < -0.3 is 9.47 Å². The Balaban J connectivity index is 1.99. The molecular formula is C17H15BrN4O2S. The van der Waals surface area contributed by atoms with Crippen LogP contribution < -0.4 is 9.47 Å². The predicted molar refractivity (Wildman–Crippen MR) is 103 cm³/mol. The number of aromatic nitrogens is 3. The summed E-state index contributed by atoms with van der Waals surface area (Å²) in [6.07, 6.45) is 1.69. The lowest BCUT2D eigenvalue weighted by Crippen LogP contribution is -1.96. The molecule has 0 radical (unpaired) electrons. The van der Waals surface area contributed by atoms with Gasteiger partial charge in [0.05, 0.1) is 20.4 Å². The van der Waals surface area contributed by atoms with Gasteiger partial charge in [0, 0.05) is 10.0 Å². The van der Waals surface area contributed by atoms with Crippen molar-refractivity contribution in [2.75, 3.05) is 14.2 Å². The van der Waals surface area contributed by atoms with Gasteiger partial charge in [0.2, 0.25) is 4.77 Å². The fourth-order valence-corrected chi connectivity index (χ4v) is 2.91. The maximum atomic E-state index is 5.31. The Hall–Kier alpha value is -2.45. The Kier molecular flexibility index (Phi) is 5.30. The third-order valence-electron chi connectivity index (χ3n) is 3.50. The van der Waals surface area contributed by atoms with E-state index in [9.17, 15) is 0 Å². The van der Waals surface area contributed by atoms with Crippen LogP contribution in [-0.2, 0) is 0 Å². The Morgan fingerprint density at radius 1 is 1.16 bits per heavy atom. The summed E-state index contributed by atoms with van der Waals surface area (Å²) in [5, 5.41) is 11.5. The predicted octanol–water partition coefficient (Wildman–Crippen LogP) is 4.27. The molecule has 8 heteroatoms. The van der Waals surface area contributed by atoms with Gasteiger partial charge in [-0.15, -0.1) is 0 Å². The van der Waals surface area contributed by atoms with Crippen molar-refractivity contribution in [2.24, 2.45) is 5.10 Å². The van der Waals surface area contributed by atoms with Gasteiger partial charge in [-0.1, -0.05) is 28.1 Å². The van der Waals surface area contributed by atoms with E-state index in [0.29, 0.717) is 22.1 Å². The summed E-state index contributed by atoms with van der Waals surface area (Å²) in [5.41, 5.74) is 1.73. The fourth-order valence-electron chi connectivity index (χ4n) is 2.27. The molecule has 0 atom stereocenters. The van der Waals surface area contributed by atoms with Crippen LogP contribution in [0.4, 0.5) is 0 Å².